The van der Waals surface area contributed by atoms with Gasteiger partial charge in [0.1, 0.15) is 11.4 Å². The molecule has 6 rings (SSSR count). The summed E-state index contributed by atoms with van der Waals surface area (Å²) in [5.41, 5.74) is 9.00. The number of aryl methyl sites for hydroxylation is 1. The van der Waals surface area contributed by atoms with E-state index >= 15 is 0 Å². The third-order valence-corrected chi connectivity index (χ3v) is 7.22. The summed E-state index contributed by atoms with van der Waals surface area (Å²) in [5.74, 6) is -0.0405. The maximum absolute atomic E-state index is 14.2. The molecule has 0 aliphatic rings. The summed E-state index contributed by atoms with van der Waals surface area (Å²) in [7, 11) is 0. The van der Waals surface area contributed by atoms with Crippen LogP contribution in [0.1, 0.15) is 45.4 Å². The normalized spacial score (nSPS) is 12.3. The molecule has 3 N–H and O–H groups in total. The van der Waals surface area contributed by atoms with E-state index in [0.717, 1.165) is 16.3 Å². The number of anilines is 1. The van der Waals surface area contributed by atoms with E-state index in [2.05, 4.69) is 20.4 Å². The van der Waals surface area contributed by atoms with Gasteiger partial charge in [0.25, 0.3) is 11.5 Å². The fraction of sp³-hybridized carbons (Fsp3) is 0.103. The van der Waals surface area contributed by atoms with Gasteiger partial charge in [-0.25, -0.2) is 19.5 Å². The average molecular weight is 549 g/mol. The van der Waals surface area contributed by atoms with E-state index in [-0.39, 0.29) is 16.9 Å². The Bertz CT molecular complexity index is 1970. The minimum absolute atomic E-state index is 0.0575. The van der Waals surface area contributed by atoms with Crippen molar-refractivity contribution in [3.05, 3.63) is 110 Å². The van der Waals surface area contributed by atoms with Crippen LogP contribution in [0.2, 0.25) is 0 Å². The Morgan fingerprint density at radius 3 is 2.67 bits per heavy atom. The van der Waals surface area contributed by atoms with Crippen molar-refractivity contribution in [2.75, 3.05) is 5.73 Å². The number of para-hydroxylation sites is 1. The molecule has 2 aromatic carbocycles. The van der Waals surface area contributed by atoms with Crippen LogP contribution in [-0.2, 0) is 0 Å². The van der Waals surface area contributed by atoms with Gasteiger partial charge in [-0.2, -0.15) is 0 Å². The van der Waals surface area contributed by atoms with Gasteiger partial charge in [0.15, 0.2) is 11.5 Å². The summed E-state index contributed by atoms with van der Waals surface area (Å²) in [6.45, 7) is 3.72. The molecule has 0 saturated carbocycles. The molecule has 4 aromatic heterocycles. The lowest BCUT2D eigenvalue weighted by Gasteiger charge is -2.20. The molecule has 40 heavy (non-hydrogen) atoms. The molecule has 1 atom stereocenters. The van der Waals surface area contributed by atoms with Crippen LogP contribution in [0.5, 0.6) is 0 Å². The van der Waals surface area contributed by atoms with Gasteiger partial charge >= 0.3 is 0 Å². The Balaban J connectivity index is 1.46. The number of carbonyl (C=O) groups excluding carboxylic acids is 1. The third kappa shape index (κ3) is 4.52. The van der Waals surface area contributed by atoms with Gasteiger partial charge < -0.3 is 11.1 Å². The van der Waals surface area contributed by atoms with Crippen LogP contribution in [-0.4, -0.2) is 35.0 Å². The summed E-state index contributed by atoms with van der Waals surface area (Å²) in [5, 5.41) is 10.5. The number of fused-ring (bicyclic) bond motifs is 2. The predicted octanol–water partition coefficient (Wildman–Crippen LogP) is 4.44. The van der Waals surface area contributed by atoms with Crippen LogP contribution in [0.15, 0.2) is 77.2 Å². The second kappa shape index (κ2) is 10.2. The molecule has 6 aromatic rings. The zero-order chi connectivity index (χ0) is 27.8. The number of hydrogen-bond acceptors (Lipinski definition) is 8. The molecule has 0 aliphatic heterocycles. The Labute approximate surface area is 232 Å². The van der Waals surface area contributed by atoms with Gasteiger partial charge in [-0.15, -0.1) is 16.4 Å². The molecule has 0 bridgehead atoms. The molecule has 198 valence electrons. The topological polar surface area (TPSA) is 133 Å². The lowest BCUT2D eigenvalue weighted by molar-refractivity contribution is 0.0940. The van der Waals surface area contributed by atoms with Gasteiger partial charge in [-0.1, -0.05) is 36.4 Å². The van der Waals surface area contributed by atoms with Crippen molar-refractivity contribution in [3.8, 4) is 5.69 Å². The van der Waals surface area contributed by atoms with E-state index < -0.39 is 11.9 Å². The quantitative estimate of drug-likeness (QED) is 0.314. The fourth-order valence-electron chi connectivity index (χ4n) is 4.62. The molecule has 0 fully saturated rings. The lowest BCUT2D eigenvalue weighted by atomic mass is 10.1. The Morgan fingerprint density at radius 2 is 1.90 bits per heavy atom. The van der Waals surface area contributed by atoms with Crippen LogP contribution in [0, 0.1) is 6.92 Å². The minimum atomic E-state index is -0.667. The van der Waals surface area contributed by atoms with E-state index in [1.165, 1.54) is 9.08 Å². The molecular formula is C29H24N8O2S. The zero-order valence-electron chi connectivity index (χ0n) is 21.6. The summed E-state index contributed by atoms with van der Waals surface area (Å²) in [6, 6.07) is 15.8. The first-order chi connectivity index (χ1) is 19.4. The molecule has 0 spiro atoms. The van der Waals surface area contributed by atoms with Crippen molar-refractivity contribution in [3.63, 3.8) is 0 Å². The average Bonchev–Trinajstić information content (AvgIpc) is 3.53. The van der Waals surface area contributed by atoms with Crippen LogP contribution in [0.3, 0.4) is 0 Å². The van der Waals surface area contributed by atoms with Crippen LogP contribution >= 0.6 is 11.3 Å². The molecule has 1 amide bonds. The number of hydrogen-bond donors (Lipinski definition) is 2. The van der Waals surface area contributed by atoms with Gasteiger partial charge in [-0.05, 0) is 49.8 Å². The maximum atomic E-state index is 14.2. The number of benzene rings is 2. The van der Waals surface area contributed by atoms with Gasteiger partial charge in [-0.3, -0.25) is 14.2 Å². The highest BCUT2D eigenvalue weighted by atomic mass is 32.1. The molecule has 10 nitrogen and oxygen atoms in total. The predicted molar refractivity (Wildman–Crippen MR) is 156 cm³/mol. The summed E-state index contributed by atoms with van der Waals surface area (Å²) < 4.78 is 2.99. The molecule has 4 heterocycles. The first kappa shape index (κ1) is 25.1. The Hall–Kier alpha value is -5.16. The van der Waals surface area contributed by atoms with E-state index in [0.29, 0.717) is 28.1 Å². The smallest absolute Gasteiger partial charge is 0.266 e. The zero-order valence-corrected chi connectivity index (χ0v) is 22.5. The molecule has 0 radical (unpaired) electrons. The minimum Gasteiger partial charge on any atom is -0.381 e. The fourth-order valence-corrected chi connectivity index (χ4v) is 5.20. The van der Waals surface area contributed by atoms with Crippen molar-refractivity contribution in [1.29, 1.82) is 0 Å². The molecule has 11 heteroatoms. The summed E-state index contributed by atoms with van der Waals surface area (Å²) in [4.78, 5) is 41.2. The van der Waals surface area contributed by atoms with Crippen LogP contribution < -0.4 is 16.6 Å². The van der Waals surface area contributed by atoms with Crippen molar-refractivity contribution in [2.45, 2.75) is 19.9 Å². The number of thiazole rings is 1. The molecule has 0 aliphatic carbocycles. The first-order valence-corrected chi connectivity index (χ1v) is 13.4. The van der Waals surface area contributed by atoms with Crippen molar-refractivity contribution in [2.24, 2.45) is 0 Å². The number of nitrogens with zero attached hydrogens (tertiary/aromatic N) is 6. The van der Waals surface area contributed by atoms with Crippen molar-refractivity contribution >= 4 is 51.8 Å². The Kier molecular flexibility index (Phi) is 6.40. The van der Waals surface area contributed by atoms with E-state index in [1.807, 2.05) is 66.9 Å². The maximum Gasteiger partial charge on any atom is 0.266 e. The van der Waals surface area contributed by atoms with Crippen molar-refractivity contribution in [1.82, 2.24) is 34.4 Å². The molecule has 0 unspecified atom stereocenters. The lowest BCUT2D eigenvalue weighted by Crippen LogP contribution is -2.33. The van der Waals surface area contributed by atoms with E-state index in [9.17, 15) is 9.59 Å². The number of nitrogen functional groups attached to an aromatic ring is 1. The molecule has 0 saturated heterocycles. The van der Waals surface area contributed by atoms with Gasteiger partial charge in [0.05, 0.1) is 33.3 Å². The number of aromatic nitrogens is 6. The van der Waals surface area contributed by atoms with Gasteiger partial charge in [0.2, 0.25) is 0 Å². The summed E-state index contributed by atoms with van der Waals surface area (Å²) in [6.07, 6.45) is 6.99. The Morgan fingerprint density at radius 1 is 1.07 bits per heavy atom. The number of nitrogens with two attached hydrogens (primary N) is 1. The standard InChI is InChI=1S/C29H24N8O2S/c1-17(32-28(38)24-25(30)35-36-15-7-14-31-27(24)36)26-34-22-11-6-8-19(12-13-20-16-40-18(2)33-20)23(22)29(39)37(26)21-9-4-3-5-10-21/h3-17H,1-2H3,(H2,30,35)(H,32,38)/t17-/m1/s1. The monoisotopic (exact) mass is 548 g/mol. The van der Waals surface area contributed by atoms with Crippen molar-refractivity contribution < 1.29 is 4.79 Å². The SMILES string of the molecule is Cc1nc(C=Cc2cccc3nc([C@@H](C)NC(=O)c4c(N)nn5cccnc45)n(-c4ccccc4)c(=O)c23)cs1. The second-order valence-electron chi connectivity index (χ2n) is 9.16. The highest BCUT2D eigenvalue weighted by Crippen LogP contribution is 2.23. The second-order valence-corrected chi connectivity index (χ2v) is 10.2. The van der Waals surface area contributed by atoms with Crippen LogP contribution in [0.4, 0.5) is 5.82 Å². The van der Waals surface area contributed by atoms with Crippen LogP contribution in [0.25, 0.3) is 34.4 Å². The molecular weight excluding hydrogens is 524 g/mol. The number of amides is 1. The van der Waals surface area contributed by atoms with Gasteiger partial charge in [0, 0.05) is 17.8 Å². The number of rotatable bonds is 6. The highest BCUT2D eigenvalue weighted by molar-refractivity contribution is 7.09. The third-order valence-electron chi connectivity index (χ3n) is 6.42. The first-order valence-electron chi connectivity index (χ1n) is 12.5. The van der Waals surface area contributed by atoms with E-state index in [1.54, 1.807) is 42.8 Å². The highest BCUT2D eigenvalue weighted by Gasteiger charge is 2.24. The number of carbonyl (C=O) groups is 1. The summed E-state index contributed by atoms with van der Waals surface area (Å²) >= 11 is 1.56. The van der Waals surface area contributed by atoms with E-state index in [4.69, 9.17) is 10.7 Å². The number of nitrogens with one attached hydrogen (secondary N) is 1. The largest absolute Gasteiger partial charge is 0.381 e.